The van der Waals surface area contributed by atoms with E-state index in [4.69, 9.17) is 15.0 Å². The Morgan fingerprint density at radius 3 is 2.04 bits per heavy atom. The summed E-state index contributed by atoms with van der Waals surface area (Å²) in [5.74, 6) is 1.84. The normalized spacial score (nSPS) is 12.2. The summed E-state index contributed by atoms with van der Waals surface area (Å²) in [7, 11) is 0. The van der Waals surface area contributed by atoms with Crippen LogP contribution in [0.3, 0.4) is 0 Å². The van der Waals surface area contributed by atoms with Crippen LogP contribution in [-0.4, -0.2) is 19.5 Å². The van der Waals surface area contributed by atoms with Gasteiger partial charge in [0, 0.05) is 42.1 Å². The van der Waals surface area contributed by atoms with E-state index in [1.165, 1.54) is 30.9 Å². The molecule has 0 bridgehead atoms. The summed E-state index contributed by atoms with van der Waals surface area (Å²) in [4.78, 5) is 15.9. The molecule has 0 aliphatic heterocycles. The lowest BCUT2D eigenvalue weighted by molar-refractivity contribution is 0.955. The maximum Gasteiger partial charge on any atom is 0.238 e. The van der Waals surface area contributed by atoms with E-state index in [0.717, 1.165) is 54.8 Å². The second-order valence-corrected chi connectivity index (χ2v) is 13.8. The molecule has 0 aliphatic rings. The number of rotatable bonds is 5. The number of fused-ring (bicyclic) bond motifs is 9. The van der Waals surface area contributed by atoms with Gasteiger partial charge in [-0.1, -0.05) is 140 Å². The summed E-state index contributed by atoms with van der Waals surface area (Å²) >= 11 is 1.85. The van der Waals surface area contributed by atoms with Crippen molar-refractivity contribution in [2.45, 2.75) is 6.92 Å². The third kappa shape index (κ3) is 4.48. The lowest BCUT2D eigenvalue weighted by Crippen LogP contribution is -2.06. The topological polar surface area (TPSA) is 43.6 Å². The van der Waals surface area contributed by atoms with Crippen LogP contribution >= 0.6 is 11.3 Å². The van der Waals surface area contributed by atoms with E-state index in [1.54, 1.807) is 0 Å². The van der Waals surface area contributed by atoms with Crippen molar-refractivity contribution in [1.29, 1.82) is 0 Å². The third-order valence-electron chi connectivity index (χ3n) is 10.0. The largest absolute Gasteiger partial charge is 0.278 e. The monoisotopic (exact) mass is 670 g/mol. The highest BCUT2D eigenvalue weighted by Crippen LogP contribution is 2.43. The van der Waals surface area contributed by atoms with Gasteiger partial charge < -0.3 is 0 Å². The summed E-state index contributed by atoms with van der Waals surface area (Å²) in [6.07, 6.45) is 4.01. The summed E-state index contributed by atoms with van der Waals surface area (Å²) in [6.45, 7) is 6.13. The van der Waals surface area contributed by atoms with E-state index < -0.39 is 0 Å². The van der Waals surface area contributed by atoms with Crippen LogP contribution in [0.25, 0.3) is 97.8 Å². The van der Waals surface area contributed by atoms with Crippen molar-refractivity contribution >= 4 is 80.4 Å². The molecule has 0 aliphatic carbocycles. The first-order chi connectivity index (χ1) is 25.2. The number of benzene rings is 7. The highest BCUT2D eigenvalue weighted by molar-refractivity contribution is 7.26. The molecular formula is C46H30N4S. The maximum absolute atomic E-state index is 5.35. The molecule has 5 heteroatoms. The summed E-state index contributed by atoms with van der Waals surface area (Å²) in [6, 6.07) is 49.3. The van der Waals surface area contributed by atoms with Crippen LogP contribution in [0.15, 0.2) is 158 Å². The zero-order valence-electron chi connectivity index (χ0n) is 27.8. The molecule has 240 valence electrons. The molecule has 0 atom stereocenters. The lowest BCUT2D eigenvalue weighted by atomic mass is 9.95. The molecule has 0 fully saturated rings. The second kappa shape index (κ2) is 11.6. The summed E-state index contributed by atoms with van der Waals surface area (Å²) in [5.41, 5.74) is 6.26. The number of para-hydroxylation sites is 1. The van der Waals surface area contributed by atoms with Gasteiger partial charge in [-0.25, -0.2) is 4.98 Å². The Labute approximate surface area is 298 Å². The van der Waals surface area contributed by atoms with Crippen LogP contribution in [0.4, 0.5) is 0 Å². The van der Waals surface area contributed by atoms with E-state index in [1.807, 2.05) is 24.3 Å². The fourth-order valence-electron chi connectivity index (χ4n) is 7.72. The number of allylic oxidation sites excluding steroid dienone is 3. The summed E-state index contributed by atoms with van der Waals surface area (Å²) < 4.78 is 4.78. The van der Waals surface area contributed by atoms with Gasteiger partial charge in [-0.15, -0.1) is 11.3 Å². The number of aromatic nitrogens is 4. The fraction of sp³-hybridized carbons (Fsp3) is 0.0217. The molecule has 7 aromatic carbocycles. The van der Waals surface area contributed by atoms with Crippen molar-refractivity contribution in [3.63, 3.8) is 0 Å². The van der Waals surface area contributed by atoms with Crippen molar-refractivity contribution in [3.05, 3.63) is 164 Å². The smallest absolute Gasteiger partial charge is 0.238 e. The first-order valence-corrected chi connectivity index (χ1v) is 17.9. The van der Waals surface area contributed by atoms with Gasteiger partial charge >= 0.3 is 0 Å². The Morgan fingerprint density at radius 1 is 0.569 bits per heavy atom. The molecule has 10 rings (SSSR count). The van der Waals surface area contributed by atoms with E-state index >= 15 is 0 Å². The zero-order chi connectivity index (χ0) is 34.1. The van der Waals surface area contributed by atoms with Crippen LogP contribution in [0.2, 0.25) is 0 Å². The van der Waals surface area contributed by atoms with Gasteiger partial charge in [0.05, 0.1) is 11.0 Å². The molecule has 0 radical (unpaired) electrons. The Bertz CT molecular complexity index is 3070. The Hall–Kier alpha value is -6.43. The third-order valence-corrected chi connectivity index (χ3v) is 11.2. The van der Waals surface area contributed by atoms with Crippen LogP contribution in [-0.2, 0) is 0 Å². The molecule has 0 amide bonds. The van der Waals surface area contributed by atoms with E-state index in [2.05, 4.69) is 157 Å². The molecule has 0 N–H and O–H groups in total. The number of hydrogen-bond acceptors (Lipinski definition) is 4. The molecular weight excluding hydrogens is 641 g/mol. The van der Waals surface area contributed by atoms with E-state index in [0.29, 0.717) is 17.6 Å². The number of nitrogens with zero attached hydrogens (tertiary/aromatic N) is 4. The predicted octanol–water partition coefficient (Wildman–Crippen LogP) is 12.6. The van der Waals surface area contributed by atoms with Gasteiger partial charge in [0.15, 0.2) is 11.6 Å². The molecule has 0 saturated carbocycles. The van der Waals surface area contributed by atoms with Gasteiger partial charge in [-0.2, -0.15) is 9.97 Å². The molecule has 3 aromatic heterocycles. The molecule has 4 nitrogen and oxygen atoms in total. The minimum absolute atomic E-state index is 0.586. The highest BCUT2D eigenvalue weighted by Gasteiger charge is 2.22. The molecule has 0 saturated heterocycles. The van der Waals surface area contributed by atoms with E-state index in [-0.39, 0.29) is 0 Å². The first kappa shape index (κ1) is 29.5. The Balaban J connectivity index is 1.32. The quantitative estimate of drug-likeness (QED) is 0.171. The molecule has 0 spiro atoms. The van der Waals surface area contributed by atoms with Gasteiger partial charge in [-0.3, -0.25) is 4.57 Å². The molecule has 3 heterocycles. The average Bonchev–Trinajstić information content (AvgIpc) is 3.74. The zero-order valence-corrected chi connectivity index (χ0v) is 28.7. The van der Waals surface area contributed by atoms with E-state index in [9.17, 15) is 0 Å². The van der Waals surface area contributed by atoms with Gasteiger partial charge in [0.2, 0.25) is 5.95 Å². The number of thiophene rings is 1. The highest BCUT2D eigenvalue weighted by atomic mass is 32.1. The summed E-state index contributed by atoms with van der Waals surface area (Å²) in [5, 5.41) is 9.39. The van der Waals surface area contributed by atoms with Crippen molar-refractivity contribution in [3.8, 4) is 28.7 Å². The van der Waals surface area contributed by atoms with Crippen molar-refractivity contribution < 1.29 is 0 Å². The van der Waals surface area contributed by atoms with Gasteiger partial charge in [0.1, 0.15) is 0 Å². The average molecular weight is 671 g/mol. The molecule has 10 aromatic rings. The molecule has 0 unspecified atom stereocenters. The van der Waals surface area contributed by atoms with Crippen molar-refractivity contribution in [2.24, 2.45) is 0 Å². The minimum atomic E-state index is 0.586. The van der Waals surface area contributed by atoms with Crippen LogP contribution in [0, 0.1) is 0 Å². The second-order valence-electron chi connectivity index (χ2n) is 12.8. The fourth-order valence-corrected chi connectivity index (χ4v) is 8.98. The van der Waals surface area contributed by atoms with Gasteiger partial charge in [0.25, 0.3) is 0 Å². The first-order valence-electron chi connectivity index (χ1n) is 17.1. The lowest BCUT2D eigenvalue weighted by Gasteiger charge is -2.14. The van der Waals surface area contributed by atoms with Crippen LogP contribution in [0.5, 0.6) is 0 Å². The van der Waals surface area contributed by atoms with Crippen molar-refractivity contribution in [2.75, 3.05) is 0 Å². The number of hydrogen-bond donors (Lipinski definition) is 0. The predicted molar refractivity (Wildman–Crippen MR) is 217 cm³/mol. The molecule has 51 heavy (non-hydrogen) atoms. The minimum Gasteiger partial charge on any atom is -0.278 e. The Morgan fingerprint density at radius 2 is 1.22 bits per heavy atom. The standard InChI is InChI=1S/C46H30N4S/c1-3-28(4-2)30-19-12-21-33-32(30)20-13-23-37(33)45-47-44(36-22-11-15-29-14-5-6-16-31(29)36)48-46(49-45)50-39-24-9-7-18-38(39)42-40(50)27-26-35-34-17-8-10-25-41(34)51-43(35)42/h3-27H,1H2,2H3. The van der Waals surface area contributed by atoms with Crippen LogP contribution in [0.1, 0.15) is 12.5 Å². The Kier molecular flexibility index (Phi) is 6.70. The van der Waals surface area contributed by atoms with Gasteiger partial charge in [-0.05, 0) is 57.8 Å². The van der Waals surface area contributed by atoms with Crippen molar-refractivity contribution in [1.82, 2.24) is 19.5 Å². The SMILES string of the molecule is C=CC(=CC)c1cccc2c(-c3nc(-c4cccc5ccccc45)nc(-n4c5ccccc5c5c6sc7ccccc7c6ccc54)n3)cccc12. The maximum atomic E-state index is 5.35. The van der Waals surface area contributed by atoms with Crippen LogP contribution < -0.4 is 0 Å².